The van der Waals surface area contributed by atoms with E-state index in [0.717, 1.165) is 39.0 Å². The molecule has 0 bridgehead atoms. The van der Waals surface area contributed by atoms with E-state index in [4.69, 9.17) is 0 Å². The van der Waals surface area contributed by atoms with Crippen molar-refractivity contribution in [2.45, 2.75) is 39.0 Å². The van der Waals surface area contributed by atoms with Gasteiger partial charge in [-0.25, -0.2) is 19.9 Å². The summed E-state index contributed by atoms with van der Waals surface area (Å²) < 4.78 is 8.37. The number of nitrogens with one attached hydrogen (secondary N) is 1. The van der Waals surface area contributed by atoms with Crippen molar-refractivity contribution in [2.75, 3.05) is 0 Å². The van der Waals surface area contributed by atoms with Crippen molar-refractivity contribution < 1.29 is 0 Å². The number of imidazole rings is 4. The Balaban J connectivity index is 0.000000163. The Labute approximate surface area is 261 Å². The number of fused-ring (bicyclic) bond motifs is 2. The largest absolute Gasteiger partial charge is 0.359 e. The molecule has 0 atom stereocenters. The van der Waals surface area contributed by atoms with E-state index < -0.39 is 0 Å². The van der Waals surface area contributed by atoms with Crippen LogP contribution >= 0.6 is 0 Å². The summed E-state index contributed by atoms with van der Waals surface area (Å²) in [5, 5.41) is 5.45. The van der Waals surface area contributed by atoms with Crippen LogP contribution in [0.2, 0.25) is 0 Å². The molecule has 0 aliphatic heterocycles. The highest BCUT2D eigenvalue weighted by Gasteiger charge is 2.13. The summed E-state index contributed by atoms with van der Waals surface area (Å²) in [6.45, 7) is 3.51. The van der Waals surface area contributed by atoms with Gasteiger partial charge in [-0.2, -0.15) is 0 Å². The summed E-state index contributed by atoms with van der Waals surface area (Å²) in [4.78, 5) is 19.8. The van der Waals surface area contributed by atoms with Crippen LogP contribution in [0.3, 0.4) is 0 Å². The molecule has 3 aromatic carbocycles. The Hall–Kier alpha value is -5.70. The smallest absolute Gasteiger partial charge is 0.0949 e. The van der Waals surface area contributed by atoms with Gasteiger partial charge in [-0.05, 0) is 57.6 Å². The molecule has 5 aromatic heterocycles. The van der Waals surface area contributed by atoms with Gasteiger partial charge < -0.3 is 23.3 Å². The van der Waals surface area contributed by atoms with Crippen LogP contribution in [0, 0.1) is 0 Å². The molecular weight excluding hydrogens is 558 g/mol. The highest BCUT2D eigenvalue weighted by atomic mass is 15.1. The van der Waals surface area contributed by atoms with Crippen LogP contribution in [-0.2, 0) is 39.0 Å². The van der Waals surface area contributed by atoms with Crippen LogP contribution in [0.5, 0.6) is 0 Å². The van der Waals surface area contributed by atoms with E-state index in [1.807, 2.05) is 71.6 Å². The van der Waals surface area contributed by atoms with Gasteiger partial charge in [0.25, 0.3) is 0 Å². The zero-order chi connectivity index (χ0) is 30.3. The van der Waals surface area contributed by atoms with Gasteiger partial charge in [0.15, 0.2) is 0 Å². The maximum atomic E-state index is 4.18. The fraction of sp³-hybridized carbons (Fsp3) is 0.167. The molecule has 9 heteroatoms. The first-order valence-corrected chi connectivity index (χ1v) is 15.2. The number of aromatic nitrogens is 9. The zero-order valence-corrected chi connectivity index (χ0v) is 25.0. The second kappa shape index (κ2) is 13.3. The Morgan fingerprint density at radius 1 is 0.444 bits per heavy atom. The van der Waals surface area contributed by atoms with E-state index >= 15 is 0 Å². The lowest BCUT2D eigenvalue weighted by Gasteiger charge is -2.17. The average Bonchev–Trinajstić information content (AvgIpc) is 3.91. The molecule has 224 valence electrons. The molecule has 8 aromatic rings. The number of rotatable bonds is 10. The first-order valence-electron chi connectivity index (χ1n) is 15.2. The quantitative estimate of drug-likeness (QED) is 0.187. The minimum absolute atomic E-state index is 0.823. The highest BCUT2D eigenvalue weighted by molar-refractivity contribution is 6.05. The normalized spacial score (nSPS) is 11.2. The molecule has 0 radical (unpaired) electrons. The molecule has 0 fully saturated rings. The van der Waals surface area contributed by atoms with Crippen LogP contribution < -0.4 is 0 Å². The number of benzene rings is 3. The average molecular weight is 594 g/mol. The van der Waals surface area contributed by atoms with Crippen molar-refractivity contribution >= 4 is 21.5 Å². The number of hydrogen-bond donors (Lipinski definition) is 1. The standard InChI is InChI=1S/C24H22N4.C12H13N5/c1-2-6-20-19(5-1)23(9-13-27-15-11-25-17-27)21-7-3-4-8-22(21)24(20)10-14-28-16-12-26-18-28;1-2-12(8-17-6-4-14-10-17)15-11(1)7-16-5-3-13-9-16/h1-8,11-12,15-18H,9-10,13-14H2;1-6,9-10,15H,7-8H2. The minimum Gasteiger partial charge on any atom is -0.359 e. The summed E-state index contributed by atoms with van der Waals surface area (Å²) in [6.07, 6.45) is 24.6. The van der Waals surface area contributed by atoms with Gasteiger partial charge in [0.05, 0.1) is 38.4 Å². The Kier molecular flexibility index (Phi) is 8.30. The lowest BCUT2D eigenvalue weighted by Crippen LogP contribution is -2.04. The van der Waals surface area contributed by atoms with E-state index in [2.05, 4.69) is 94.7 Å². The van der Waals surface area contributed by atoms with Gasteiger partial charge in [0.1, 0.15) is 0 Å². The SMILES string of the molecule is c1ccc2c(CCn3ccnc3)c3ccccc3c(CCn3ccnc3)c2c1.c1cn(Cc2ccc(Cn3ccnc3)[nH]2)cn1. The fourth-order valence-electron chi connectivity index (χ4n) is 6.00. The molecule has 0 unspecified atom stereocenters. The van der Waals surface area contributed by atoms with Crippen LogP contribution in [0.1, 0.15) is 22.5 Å². The number of aryl methyl sites for hydroxylation is 4. The second-order valence-corrected chi connectivity index (χ2v) is 11.1. The van der Waals surface area contributed by atoms with Gasteiger partial charge >= 0.3 is 0 Å². The molecule has 5 heterocycles. The molecule has 1 N–H and O–H groups in total. The molecular formula is C36H35N9. The van der Waals surface area contributed by atoms with Gasteiger partial charge in [0.2, 0.25) is 0 Å². The second-order valence-electron chi connectivity index (χ2n) is 11.1. The predicted molar refractivity (Wildman–Crippen MR) is 177 cm³/mol. The van der Waals surface area contributed by atoms with Crippen molar-refractivity contribution in [3.63, 3.8) is 0 Å². The van der Waals surface area contributed by atoms with E-state index in [-0.39, 0.29) is 0 Å². The number of aromatic amines is 1. The van der Waals surface area contributed by atoms with Crippen molar-refractivity contribution in [1.29, 1.82) is 0 Å². The molecule has 0 saturated carbocycles. The molecule has 0 spiro atoms. The molecule has 0 amide bonds. The van der Waals surface area contributed by atoms with Crippen molar-refractivity contribution in [2.24, 2.45) is 0 Å². The number of H-pyrrole nitrogens is 1. The summed E-state index contributed by atoms with van der Waals surface area (Å²) in [7, 11) is 0. The summed E-state index contributed by atoms with van der Waals surface area (Å²) in [5.41, 5.74) is 5.20. The summed E-state index contributed by atoms with van der Waals surface area (Å²) >= 11 is 0. The van der Waals surface area contributed by atoms with E-state index in [1.54, 1.807) is 12.4 Å². The predicted octanol–water partition coefficient (Wildman–Crippen LogP) is 6.38. The third-order valence-electron chi connectivity index (χ3n) is 8.14. The number of hydrogen-bond acceptors (Lipinski definition) is 4. The molecule has 0 aliphatic rings. The molecule has 8 rings (SSSR count). The Morgan fingerprint density at radius 3 is 1.13 bits per heavy atom. The molecule has 45 heavy (non-hydrogen) atoms. The van der Waals surface area contributed by atoms with E-state index in [0.29, 0.717) is 0 Å². The molecule has 0 saturated heterocycles. The first-order chi connectivity index (χ1) is 22.3. The van der Waals surface area contributed by atoms with Gasteiger partial charge in [-0.1, -0.05) is 48.5 Å². The maximum absolute atomic E-state index is 4.18. The van der Waals surface area contributed by atoms with Gasteiger partial charge in [-0.15, -0.1) is 0 Å². The first kappa shape index (κ1) is 28.1. The van der Waals surface area contributed by atoms with E-state index in [1.165, 1.54) is 44.1 Å². The van der Waals surface area contributed by atoms with Crippen molar-refractivity contribution in [3.05, 3.63) is 158 Å². The lowest BCUT2D eigenvalue weighted by atomic mass is 9.89. The van der Waals surface area contributed by atoms with Crippen LogP contribution in [0.25, 0.3) is 21.5 Å². The summed E-state index contributed by atoms with van der Waals surface area (Å²) in [6, 6.07) is 21.9. The Morgan fingerprint density at radius 2 is 0.800 bits per heavy atom. The molecule has 9 nitrogen and oxygen atoms in total. The summed E-state index contributed by atoms with van der Waals surface area (Å²) in [5.74, 6) is 0. The van der Waals surface area contributed by atoms with Crippen molar-refractivity contribution in [1.82, 2.24) is 43.2 Å². The van der Waals surface area contributed by atoms with Gasteiger partial charge in [0, 0.05) is 74.1 Å². The monoisotopic (exact) mass is 593 g/mol. The number of nitrogens with zero attached hydrogens (tertiary/aromatic N) is 8. The topological polar surface area (TPSA) is 87.1 Å². The third-order valence-corrected chi connectivity index (χ3v) is 8.14. The fourth-order valence-corrected chi connectivity index (χ4v) is 6.00. The lowest BCUT2D eigenvalue weighted by molar-refractivity contribution is 0.697. The van der Waals surface area contributed by atoms with Crippen LogP contribution in [0.4, 0.5) is 0 Å². The van der Waals surface area contributed by atoms with Gasteiger partial charge in [-0.3, -0.25) is 0 Å². The minimum atomic E-state index is 0.823. The zero-order valence-electron chi connectivity index (χ0n) is 25.0. The molecule has 0 aliphatic carbocycles. The Bertz CT molecular complexity index is 1850. The van der Waals surface area contributed by atoms with E-state index in [9.17, 15) is 0 Å². The third kappa shape index (κ3) is 6.62. The van der Waals surface area contributed by atoms with Crippen molar-refractivity contribution in [3.8, 4) is 0 Å². The van der Waals surface area contributed by atoms with Crippen LogP contribution in [-0.4, -0.2) is 43.2 Å². The highest BCUT2D eigenvalue weighted by Crippen LogP contribution is 2.34. The maximum Gasteiger partial charge on any atom is 0.0949 e. The van der Waals surface area contributed by atoms with Crippen LogP contribution in [0.15, 0.2) is 136 Å².